The number of hydrogen-bond donors (Lipinski definition) is 3. The van der Waals surface area contributed by atoms with Crippen molar-refractivity contribution in [2.24, 2.45) is 0 Å². The highest BCUT2D eigenvalue weighted by atomic mass is 35.5. The van der Waals surface area contributed by atoms with E-state index in [2.05, 4.69) is 10.6 Å². The second kappa shape index (κ2) is 6.76. The Morgan fingerprint density at radius 1 is 1.44 bits per heavy atom. The molecule has 1 amide bonds. The molecule has 6 heteroatoms. The minimum absolute atomic E-state index is 0.00607. The third kappa shape index (κ3) is 4.18. The van der Waals surface area contributed by atoms with Crippen molar-refractivity contribution in [3.63, 3.8) is 0 Å². The zero-order valence-corrected chi connectivity index (χ0v) is 10.7. The number of rotatable bonds is 7. The molecule has 0 atom stereocenters. The Kier molecular flexibility index (Phi) is 5.32. The van der Waals surface area contributed by atoms with Crippen molar-refractivity contribution < 1.29 is 9.59 Å². The van der Waals surface area contributed by atoms with Gasteiger partial charge in [0.1, 0.15) is 5.78 Å². The second-order valence-corrected chi connectivity index (χ2v) is 4.16. The molecule has 3 N–H and O–H groups in total. The van der Waals surface area contributed by atoms with Crippen LogP contribution in [0.5, 0.6) is 0 Å². The third-order valence-corrected chi connectivity index (χ3v) is 2.43. The van der Waals surface area contributed by atoms with Crippen LogP contribution in [-0.4, -0.2) is 31.0 Å². The maximum absolute atomic E-state index is 10.9. The topological polar surface area (TPSA) is 82.1 Å². The number of carbonyl (C=O) groups excluding carboxylic acids is 2. The fraction of sp³-hybridized carbons (Fsp3) is 0.250. The number of Topliss-reactive ketones (excluding diaryl/α,β-unsaturated/α-hetero) is 1. The molecule has 1 aromatic carbocycles. The molecule has 1 aromatic rings. The van der Waals surface area contributed by atoms with Crippen molar-refractivity contribution in [3.05, 3.63) is 28.8 Å². The summed E-state index contributed by atoms with van der Waals surface area (Å²) in [6, 6.07) is 5.00. The first kappa shape index (κ1) is 14.2. The molecule has 0 spiro atoms. The van der Waals surface area contributed by atoms with Gasteiger partial charge in [-0.15, -0.1) is 0 Å². The molecule has 0 saturated carbocycles. The zero-order valence-electron chi connectivity index (χ0n) is 9.92. The van der Waals surface area contributed by atoms with Crippen LogP contribution in [0.1, 0.15) is 12.5 Å². The first-order valence-corrected chi connectivity index (χ1v) is 5.70. The van der Waals surface area contributed by atoms with Gasteiger partial charge >= 0.3 is 0 Å². The molecule has 0 aliphatic rings. The standard InChI is InChI=1S/C12H14ClN3O2/c1-8(18)5-16-12-3-2-9(13)4-10(12)11(14)6-15-7-17/h2-4,7,14,16H,5-6H2,1H3,(H,15,17). The average molecular weight is 268 g/mol. The average Bonchev–Trinajstić information content (AvgIpc) is 2.34. The van der Waals surface area contributed by atoms with Crippen LogP contribution in [0.4, 0.5) is 5.69 Å². The summed E-state index contributed by atoms with van der Waals surface area (Å²) in [5.41, 5.74) is 1.43. The van der Waals surface area contributed by atoms with Crippen LogP contribution in [-0.2, 0) is 9.59 Å². The zero-order chi connectivity index (χ0) is 13.5. The van der Waals surface area contributed by atoms with Gasteiger partial charge < -0.3 is 16.0 Å². The van der Waals surface area contributed by atoms with Gasteiger partial charge in [0.05, 0.1) is 18.8 Å². The fourth-order valence-corrected chi connectivity index (χ4v) is 1.55. The number of carbonyl (C=O) groups is 2. The van der Waals surface area contributed by atoms with Crippen molar-refractivity contribution >= 4 is 35.2 Å². The van der Waals surface area contributed by atoms with E-state index in [1.165, 1.54) is 6.92 Å². The van der Waals surface area contributed by atoms with Gasteiger partial charge in [0.2, 0.25) is 6.41 Å². The van der Waals surface area contributed by atoms with Crippen molar-refractivity contribution in [2.45, 2.75) is 6.92 Å². The first-order valence-electron chi connectivity index (χ1n) is 5.32. The number of hydrogen-bond acceptors (Lipinski definition) is 4. The minimum Gasteiger partial charge on any atom is -0.377 e. The molecule has 0 fully saturated rings. The Morgan fingerprint density at radius 3 is 2.78 bits per heavy atom. The lowest BCUT2D eigenvalue weighted by Crippen LogP contribution is -2.23. The Balaban J connectivity index is 2.91. The lowest BCUT2D eigenvalue weighted by atomic mass is 10.1. The fourth-order valence-electron chi connectivity index (χ4n) is 1.38. The Hall–Kier alpha value is -1.88. The molecule has 0 aliphatic heterocycles. The predicted octanol–water partition coefficient (Wildman–Crippen LogP) is 1.45. The van der Waals surface area contributed by atoms with Crippen molar-refractivity contribution in [3.8, 4) is 0 Å². The van der Waals surface area contributed by atoms with Gasteiger partial charge in [0.25, 0.3) is 0 Å². The number of ketones is 1. The molecule has 5 nitrogen and oxygen atoms in total. The molecular weight excluding hydrogens is 254 g/mol. The van der Waals surface area contributed by atoms with E-state index < -0.39 is 0 Å². The summed E-state index contributed by atoms with van der Waals surface area (Å²) in [5, 5.41) is 13.7. The van der Waals surface area contributed by atoms with E-state index in [4.69, 9.17) is 17.0 Å². The third-order valence-electron chi connectivity index (χ3n) is 2.20. The van der Waals surface area contributed by atoms with Crippen molar-refractivity contribution in [1.29, 1.82) is 5.41 Å². The Morgan fingerprint density at radius 2 is 2.17 bits per heavy atom. The summed E-state index contributed by atoms with van der Waals surface area (Å²) >= 11 is 5.88. The summed E-state index contributed by atoms with van der Waals surface area (Å²) in [6.45, 7) is 1.77. The van der Waals surface area contributed by atoms with Crippen LogP contribution >= 0.6 is 11.6 Å². The van der Waals surface area contributed by atoms with Crippen LogP contribution < -0.4 is 10.6 Å². The molecule has 0 unspecified atom stereocenters. The van der Waals surface area contributed by atoms with E-state index in [0.717, 1.165) is 0 Å². The molecular formula is C12H14ClN3O2. The summed E-state index contributed by atoms with van der Waals surface area (Å²) < 4.78 is 0. The van der Waals surface area contributed by atoms with E-state index in [0.29, 0.717) is 22.7 Å². The van der Waals surface area contributed by atoms with Crippen LogP contribution in [0, 0.1) is 5.41 Å². The van der Waals surface area contributed by atoms with E-state index in [1.807, 2.05) is 0 Å². The van der Waals surface area contributed by atoms with Crippen LogP contribution in [0.2, 0.25) is 5.02 Å². The smallest absolute Gasteiger partial charge is 0.207 e. The number of benzene rings is 1. The lowest BCUT2D eigenvalue weighted by Gasteiger charge is -2.12. The monoisotopic (exact) mass is 267 g/mol. The van der Waals surface area contributed by atoms with E-state index in [-0.39, 0.29) is 24.6 Å². The molecule has 0 aliphatic carbocycles. The quantitative estimate of drug-likeness (QED) is 0.517. The van der Waals surface area contributed by atoms with Crippen molar-refractivity contribution in [1.82, 2.24) is 5.32 Å². The maximum Gasteiger partial charge on any atom is 0.207 e. The van der Waals surface area contributed by atoms with Crippen LogP contribution in [0.15, 0.2) is 18.2 Å². The van der Waals surface area contributed by atoms with Gasteiger partial charge in [-0.2, -0.15) is 0 Å². The minimum atomic E-state index is -0.00607. The molecule has 18 heavy (non-hydrogen) atoms. The molecule has 0 aromatic heterocycles. The van der Waals surface area contributed by atoms with Gasteiger partial charge in [-0.05, 0) is 25.1 Å². The number of nitrogens with one attached hydrogen (secondary N) is 3. The van der Waals surface area contributed by atoms with E-state index in [1.54, 1.807) is 18.2 Å². The number of halogens is 1. The highest BCUT2D eigenvalue weighted by Gasteiger charge is 2.09. The summed E-state index contributed by atoms with van der Waals surface area (Å²) in [4.78, 5) is 21.1. The molecule has 0 bridgehead atoms. The lowest BCUT2D eigenvalue weighted by molar-refractivity contribution is -0.115. The Labute approximate surface area is 110 Å². The van der Waals surface area contributed by atoms with E-state index >= 15 is 0 Å². The second-order valence-electron chi connectivity index (χ2n) is 3.72. The normalized spacial score (nSPS) is 9.67. The molecule has 0 saturated heterocycles. The summed E-state index contributed by atoms with van der Waals surface area (Å²) in [7, 11) is 0. The maximum atomic E-state index is 10.9. The van der Waals surface area contributed by atoms with Crippen LogP contribution in [0.3, 0.4) is 0 Å². The molecule has 0 radical (unpaired) electrons. The predicted molar refractivity (Wildman–Crippen MR) is 71.5 cm³/mol. The van der Waals surface area contributed by atoms with Gasteiger partial charge in [-0.25, -0.2) is 0 Å². The SMILES string of the molecule is CC(=O)CNc1ccc(Cl)cc1C(=N)CNC=O. The molecule has 96 valence electrons. The summed E-state index contributed by atoms with van der Waals surface area (Å²) in [5.74, 6) is -0.00607. The van der Waals surface area contributed by atoms with Crippen molar-refractivity contribution in [2.75, 3.05) is 18.4 Å². The highest BCUT2D eigenvalue weighted by Crippen LogP contribution is 2.21. The molecule has 1 rings (SSSR count). The Bertz CT molecular complexity index is 474. The largest absolute Gasteiger partial charge is 0.377 e. The number of amides is 1. The van der Waals surface area contributed by atoms with Gasteiger partial charge in [0, 0.05) is 16.3 Å². The first-order chi connectivity index (χ1) is 8.54. The number of anilines is 1. The highest BCUT2D eigenvalue weighted by molar-refractivity contribution is 6.31. The van der Waals surface area contributed by atoms with Gasteiger partial charge in [-0.3, -0.25) is 9.59 Å². The summed E-state index contributed by atoms with van der Waals surface area (Å²) in [6.07, 6.45) is 0.530. The van der Waals surface area contributed by atoms with Gasteiger partial charge in [-0.1, -0.05) is 11.6 Å². The van der Waals surface area contributed by atoms with Crippen LogP contribution in [0.25, 0.3) is 0 Å². The van der Waals surface area contributed by atoms with Gasteiger partial charge in [0.15, 0.2) is 0 Å². The van der Waals surface area contributed by atoms with E-state index in [9.17, 15) is 9.59 Å². The molecule has 0 heterocycles.